The average Bonchev–Trinajstić information content (AvgIpc) is 2.76. The van der Waals surface area contributed by atoms with Gasteiger partial charge >= 0.3 is 0 Å². The molecule has 1 heterocycles. The second-order valence-corrected chi connectivity index (χ2v) is 7.68. The molecule has 4 heteroatoms. The van der Waals surface area contributed by atoms with Crippen LogP contribution in [0.3, 0.4) is 0 Å². The maximum absolute atomic E-state index is 12.9. The Labute approximate surface area is 168 Å². The van der Waals surface area contributed by atoms with Gasteiger partial charge in [0.05, 0.1) is 12.5 Å². The molecule has 4 nitrogen and oxygen atoms in total. The summed E-state index contributed by atoms with van der Waals surface area (Å²) in [6.07, 6.45) is 1.95. The summed E-state index contributed by atoms with van der Waals surface area (Å²) < 4.78 is 5.27. The number of nitrogens with one attached hydrogen (secondary N) is 1. The van der Waals surface area contributed by atoms with E-state index in [1.165, 1.54) is 11.1 Å². The summed E-state index contributed by atoms with van der Waals surface area (Å²) in [4.78, 5) is 15.3. The smallest absolute Gasteiger partial charge is 0.224 e. The SMILES string of the molecule is CCc1ccc(C2CC(C(=O)NCc3ccccc3)CN(CCOC)C2)cc1. The molecule has 1 aliphatic rings. The van der Waals surface area contributed by atoms with Crippen LogP contribution in [0.5, 0.6) is 0 Å². The molecule has 1 amide bonds. The molecule has 0 aromatic heterocycles. The minimum atomic E-state index is 0.00479. The number of piperidine rings is 1. The minimum Gasteiger partial charge on any atom is -0.383 e. The van der Waals surface area contributed by atoms with Gasteiger partial charge in [-0.05, 0) is 35.4 Å². The number of nitrogens with zero attached hydrogens (tertiary/aromatic N) is 1. The van der Waals surface area contributed by atoms with Crippen LogP contribution in [0, 0.1) is 5.92 Å². The van der Waals surface area contributed by atoms with Gasteiger partial charge in [-0.2, -0.15) is 0 Å². The van der Waals surface area contributed by atoms with E-state index in [0.29, 0.717) is 19.1 Å². The van der Waals surface area contributed by atoms with Gasteiger partial charge in [-0.25, -0.2) is 0 Å². The number of ether oxygens (including phenoxy) is 1. The third-order valence-corrected chi connectivity index (χ3v) is 5.68. The molecule has 2 aromatic carbocycles. The summed E-state index contributed by atoms with van der Waals surface area (Å²) in [5, 5.41) is 3.14. The summed E-state index contributed by atoms with van der Waals surface area (Å²) in [6.45, 7) is 6.10. The monoisotopic (exact) mass is 380 g/mol. The van der Waals surface area contributed by atoms with Crippen LogP contribution in [0.2, 0.25) is 0 Å². The maximum Gasteiger partial charge on any atom is 0.224 e. The average molecular weight is 381 g/mol. The van der Waals surface area contributed by atoms with Gasteiger partial charge in [0, 0.05) is 33.3 Å². The van der Waals surface area contributed by atoms with Crippen molar-refractivity contribution in [1.29, 1.82) is 0 Å². The van der Waals surface area contributed by atoms with Gasteiger partial charge in [0.1, 0.15) is 0 Å². The van der Waals surface area contributed by atoms with E-state index >= 15 is 0 Å². The predicted molar refractivity (Wildman–Crippen MR) is 113 cm³/mol. The van der Waals surface area contributed by atoms with Gasteiger partial charge in [-0.15, -0.1) is 0 Å². The molecule has 1 N–H and O–H groups in total. The first kappa shape index (κ1) is 20.6. The number of hydrogen-bond donors (Lipinski definition) is 1. The summed E-state index contributed by atoms with van der Waals surface area (Å²) in [5.41, 5.74) is 3.82. The molecule has 2 aromatic rings. The lowest BCUT2D eigenvalue weighted by molar-refractivity contribution is -0.127. The van der Waals surface area contributed by atoms with Crippen LogP contribution >= 0.6 is 0 Å². The molecule has 0 radical (unpaired) electrons. The van der Waals surface area contributed by atoms with E-state index in [2.05, 4.69) is 41.4 Å². The highest BCUT2D eigenvalue weighted by atomic mass is 16.5. The molecule has 2 unspecified atom stereocenters. The zero-order valence-electron chi connectivity index (χ0n) is 17.1. The van der Waals surface area contributed by atoms with Crippen LogP contribution in [0.25, 0.3) is 0 Å². The zero-order valence-corrected chi connectivity index (χ0v) is 17.1. The second kappa shape index (κ2) is 10.4. The van der Waals surface area contributed by atoms with Crippen molar-refractivity contribution >= 4 is 5.91 Å². The van der Waals surface area contributed by atoms with Crippen molar-refractivity contribution in [3.05, 3.63) is 71.3 Å². The van der Waals surface area contributed by atoms with Gasteiger partial charge in [-0.3, -0.25) is 9.69 Å². The maximum atomic E-state index is 12.9. The molecule has 0 spiro atoms. The van der Waals surface area contributed by atoms with Crippen LogP contribution in [0.1, 0.15) is 36.0 Å². The van der Waals surface area contributed by atoms with E-state index in [-0.39, 0.29) is 11.8 Å². The lowest BCUT2D eigenvalue weighted by Gasteiger charge is -2.37. The Kier molecular flexibility index (Phi) is 7.63. The van der Waals surface area contributed by atoms with E-state index < -0.39 is 0 Å². The van der Waals surface area contributed by atoms with Crippen LogP contribution in [0.4, 0.5) is 0 Å². The highest BCUT2D eigenvalue weighted by Gasteiger charge is 2.32. The Morgan fingerprint density at radius 1 is 1.07 bits per heavy atom. The summed E-state index contributed by atoms with van der Waals surface area (Å²) in [6, 6.07) is 19.0. The first-order chi connectivity index (χ1) is 13.7. The van der Waals surface area contributed by atoms with Crippen molar-refractivity contribution in [1.82, 2.24) is 10.2 Å². The number of aryl methyl sites for hydroxylation is 1. The topological polar surface area (TPSA) is 41.6 Å². The number of benzene rings is 2. The molecular formula is C24H32N2O2. The Hall–Kier alpha value is -2.17. The number of carbonyl (C=O) groups is 1. The largest absolute Gasteiger partial charge is 0.383 e. The first-order valence-corrected chi connectivity index (χ1v) is 10.3. The molecule has 150 valence electrons. The normalized spacial score (nSPS) is 20.1. The molecule has 0 aliphatic carbocycles. The summed E-state index contributed by atoms with van der Waals surface area (Å²) >= 11 is 0. The van der Waals surface area contributed by atoms with Crippen molar-refractivity contribution in [2.75, 3.05) is 33.4 Å². The highest BCUT2D eigenvalue weighted by Crippen LogP contribution is 2.30. The van der Waals surface area contributed by atoms with Crippen molar-refractivity contribution in [3.63, 3.8) is 0 Å². The van der Waals surface area contributed by atoms with Gasteiger partial charge in [0.15, 0.2) is 0 Å². The van der Waals surface area contributed by atoms with Crippen LogP contribution in [-0.2, 0) is 22.5 Å². The second-order valence-electron chi connectivity index (χ2n) is 7.68. The number of likely N-dealkylation sites (tertiary alicyclic amines) is 1. The molecule has 1 fully saturated rings. The Bertz CT molecular complexity index is 730. The Morgan fingerprint density at radius 2 is 1.82 bits per heavy atom. The minimum absolute atomic E-state index is 0.00479. The van der Waals surface area contributed by atoms with E-state index in [1.807, 2.05) is 30.3 Å². The molecule has 28 heavy (non-hydrogen) atoms. The van der Waals surface area contributed by atoms with Gasteiger partial charge < -0.3 is 10.1 Å². The van der Waals surface area contributed by atoms with E-state index in [9.17, 15) is 4.79 Å². The van der Waals surface area contributed by atoms with E-state index in [4.69, 9.17) is 4.74 Å². The number of amides is 1. The van der Waals surface area contributed by atoms with Crippen LogP contribution in [0.15, 0.2) is 54.6 Å². The number of methoxy groups -OCH3 is 1. The molecule has 0 saturated carbocycles. The van der Waals surface area contributed by atoms with Crippen molar-refractivity contribution in [2.24, 2.45) is 5.92 Å². The fraction of sp³-hybridized carbons (Fsp3) is 0.458. The standard InChI is InChI=1S/C24H32N2O2/c1-3-19-9-11-21(12-10-19)22-15-23(18-26(17-22)13-14-28-2)24(27)25-16-20-7-5-4-6-8-20/h4-12,22-23H,3,13-18H2,1-2H3,(H,25,27). The summed E-state index contributed by atoms with van der Waals surface area (Å²) in [5.74, 6) is 0.537. The molecule has 0 bridgehead atoms. The lowest BCUT2D eigenvalue weighted by atomic mass is 9.83. The first-order valence-electron chi connectivity index (χ1n) is 10.3. The Morgan fingerprint density at radius 3 is 2.50 bits per heavy atom. The molecule has 2 atom stereocenters. The number of hydrogen-bond acceptors (Lipinski definition) is 3. The molecule has 1 saturated heterocycles. The fourth-order valence-corrected chi connectivity index (χ4v) is 3.98. The summed E-state index contributed by atoms with van der Waals surface area (Å²) in [7, 11) is 1.73. The highest BCUT2D eigenvalue weighted by molar-refractivity contribution is 5.79. The number of carbonyl (C=O) groups excluding carboxylic acids is 1. The fourth-order valence-electron chi connectivity index (χ4n) is 3.98. The van der Waals surface area contributed by atoms with Gasteiger partial charge in [0.2, 0.25) is 5.91 Å². The quantitative estimate of drug-likeness (QED) is 0.761. The lowest BCUT2D eigenvalue weighted by Crippen LogP contribution is -2.46. The van der Waals surface area contributed by atoms with Crippen LogP contribution in [-0.4, -0.2) is 44.2 Å². The zero-order chi connectivity index (χ0) is 19.8. The van der Waals surface area contributed by atoms with Crippen molar-refractivity contribution < 1.29 is 9.53 Å². The van der Waals surface area contributed by atoms with Crippen molar-refractivity contribution in [2.45, 2.75) is 32.2 Å². The molecule has 1 aliphatic heterocycles. The van der Waals surface area contributed by atoms with Gasteiger partial charge in [0.25, 0.3) is 0 Å². The van der Waals surface area contributed by atoms with Crippen molar-refractivity contribution in [3.8, 4) is 0 Å². The van der Waals surface area contributed by atoms with Gasteiger partial charge in [-0.1, -0.05) is 61.5 Å². The third-order valence-electron chi connectivity index (χ3n) is 5.68. The van der Waals surface area contributed by atoms with E-state index in [0.717, 1.165) is 38.0 Å². The Balaban J connectivity index is 1.66. The molecule has 3 rings (SSSR count). The van der Waals surface area contributed by atoms with Crippen LogP contribution < -0.4 is 5.32 Å². The van der Waals surface area contributed by atoms with E-state index in [1.54, 1.807) is 7.11 Å². The number of rotatable bonds is 8. The third kappa shape index (κ3) is 5.66. The predicted octanol–water partition coefficient (Wildman–Crippen LogP) is 3.62. The molecular weight excluding hydrogens is 348 g/mol.